The lowest BCUT2D eigenvalue weighted by atomic mass is 9.82. The largest absolute Gasteiger partial charge is 0.490 e. The maximum atomic E-state index is 14.0. The molecular weight excluding hydrogens is 394 g/mol. The van der Waals surface area contributed by atoms with Crippen LogP contribution in [0.15, 0.2) is 59.5 Å². The molecule has 0 atom stereocenters. The van der Waals surface area contributed by atoms with Crippen molar-refractivity contribution >= 4 is 28.5 Å². The highest BCUT2D eigenvalue weighted by Gasteiger charge is 2.14. The van der Waals surface area contributed by atoms with Crippen LogP contribution >= 0.6 is 15.9 Å². The maximum absolute atomic E-state index is 14.0. The number of halogens is 2. The van der Waals surface area contributed by atoms with Crippen molar-refractivity contribution in [2.75, 3.05) is 0 Å². The van der Waals surface area contributed by atoms with Crippen molar-refractivity contribution in [1.29, 1.82) is 0 Å². The predicted octanol–water partition coefficient (Wildman–Crippen LogP) is 2.64. The molecule has 3 aromatic rings. The number of hydrogen-bond donors (Lipinski definition) is 2. The zero-order chi connectivity index (χ0) is 17.8. The monoisotopic (exact) mass is 404 g/mol. The molecule has 9 heteroatoms. The van der Waals surface area contributed by atoms with E-state index in [0.717, 1.165) is 0 Å². The van der Waals surface area contributed by atoms with Crippen molar-refractivity contribution < 1.29 is 23.9 Å². The van der Waals surface area contributed by atoms with Crippen LogP contribution in [0.2, 0.25) is 0 Å². The van der Waals surface area contributed by atoms with Crippen molar-refractivity contribution in [3.05, 3.63) is 65.3 Å². The molecule has 126 valence electrons. The molecule has 0 unspecified atom stereocenters. The minimum Gasteiger partial charge on any atom is -0.453 e. The molecule has 0 aliphatic rings. The number of hydrogen-bond acceptors (Lipinski definition) is 6. The molecule has 2 heterocycles. The molecule has 1 aromatic carbocycles. The molecule has 0 fully saturated rings. The van der Waals surface area contributed by atoms with Gasteiger partial charge in [-0.1, -0.05) is 6.07 Å². The average molecular weight is 405 g/mol. The smallest absolute Gasteiger partial charge is 0.453 e. The Labute approximate surface area is 151 Å². The van der Waals surface area contributed by atoms with Gasteiger partial charge in [0.15, 0.2) is 11.6 Å². The van der Waals surface area contributed by atoms with Crippen molar-refractivity contribution in [2.24, 2.45) is 0 Å². The lowest BCUT2D eigenvalue weighted by Crippen LogP contribution is -2.29. The van der Waals surface area contributed by atoms with E-state index in [1.807, 2.05) is 0 Å². The van der Waals surface area contributed by atoms with Gasteiger partial charge >= 0.3 is 7.12 Å². The van der Waals surface area contributed by atoms with Gasteiger partial charge in [0.2, 0.25) is 5.88 Å². The van der Waals surface area contributed by atoms with E-state index in [9.17, 15) is 4.39 Å². The Morgan fingerprint density at radius 2 is 1.84 bits per heavy atom. The first-order valence-electron chi connectivity index (χ1n) is 7.10. The third-order valence-electron chi connectivity index (χ3n) is 3.07. The number of nitrogens with zero attached hydrogens (tertiary/aromatic N) is 2. The lowest BCUT2D eigenvalue weighted by Gasteiger charge is -2.10. The molecule has 0 radical (unpaired) electrons. The van der Waals surface area contributed by atoms with Crippen molar-refractivity contribution in [3.8, 4) is 23.1 Å². The van der Waals surface area contributed by atoms with E-state index in [1.165, 1.54) is 36.7 Å². The topological polar surface area (TPSA) is 84.7 Å². The van der Waals surface area contributed by atoms with Crippen LogP contribution in [0, 0.1) is 5.82 Å². The predicted molar refractivity (Wildman–Crippen MR) is 92.5 cm³/mol. The van der Waals surface area contributed by atoms with Crippen LogP contribution in [0.25, 0.3) is 0 Å². The van der Waals surface area contributed by atoms with Crippen molar-refractivity contribution in [2.45, 2.75) is 0 Å². The van der Waals surface area contributed by atoms with Crippen LogP contribution in [-0.2, 0) is 0 Å². The van der Waals surface area contributed by atoms with Crippen LogP contribution in [-0.4, -0.2) is 27.1 Å². The second-order valence-corrected chi connectivity index (χ2v) is 5.74. The van der Waals surface area contributed by atoms with Crippen LogP contribution in [0.5, 0.6) is 23.1 Å². The summed E-state index contributed by atoms with van der Waals surface area (Å²) in [5, 5.41) is 18.3. The van der Waals surface area contributed by atoms with E-state index in [1.54, 1.807) is 18.2 Å². The van der Waals surface area contributed by atoms with Crippen molar-refractivity contribution in [1.82, 2.24) is 9.97 Å². The first kappa shape index (κ1) is 17.3. The van der Waals surface area contributed by atoms with Crippen molar-refractivity contribution in [3.63, 3.8) is 0 Å². The molecule has 0 spiro atoms. The summed E-state index contributed by atoms with van der Waals surface area (Å²) in [5.74, 6) is 0.109. The first-order chi connectivity index (χ1) is 12.0. The second-order valence-electron chi connectivity index (χ2n) is 4.92. The van der Waals surface area contributed by atoms with E-state index in [2.05, 4.69) is 25.9 Å². The Balaban J connectivity index is 1.83. The minimum atomic E-state index is -1.70. The van der Waals surface area contributed by atoms with Crippen LogP contribution in [0.4, 0.5) is 4.39 Å². The summed E-state index contributed by atoms with van der Waals surface area (Å²) in [6.45, 7) is 0. The molecule has 3 rings (SSSR count). The Kier molecular flexibility index (Phi) is 5.27. The number of aromatic nitrogens is 2. The Morgan fingerprint density at radius 3 is 2.60 bits per heavy atom. The number of rotatable bonds is 5. The van der Waals surface area contributed by atoms with Gasteiger partial charge in [-0.2, -0.15) is 0 Å². The maximum Gasteiger partial charge on any atom is 0.490 e. The summed E-state index contributed by atoms with van der Waals surface area (Å²) in [4.78, 5) is 7.95. The van der Waals surface area contributed by atoms with Gasteiger partial charge in [0.05, 0.1) is 6.20 Å². The minimum absolute atomic E-state index is 0.0983. The molecule has 6 nitrogen and oxygen atoms in total. The fraction of sp³-hybridized carbons (Fsp3) is 0. The quantitative estimate of drug-likeness (QED) is 0.502. The Bertz CT molecular complexity index is 898. The normalized spacial score (nSPS) is 10.4. The Hall–Kier alpha value is -2.49. The third-order valence-corrected chi connectivity index (χ3v) is 3.52. The summed E-state index contributed by atoms with van der Waals surface area (Å²) in [5.41, 5.74) is 0.128. The van der Waals surface area contributed by atoms with Gasteiger partial charge < -0.3 is 19.5 Å². The fourth-order valence-corrected chi connectivity index (χ4v) is 2.28. The summed E-state index contributed by atoms with van der Waals surface area (Å²) in [6.07, 6.45) is 2.60. The molecule has 25 heavy (non-hydrogen) atoms. The number of ether oxygens (including phenoxy) is 2. The highest BCUT2D eigenvalue weighted by atomic mass is 79.9. The standard InChI is InChI=1S/C16H11BBrFN2O4/c18-15-2-1-3-16(21-15)25-11-4-5-13(19)14(7-11)24-12-6-10(17(22)23)8-20-9-12/h1-9,22-23H. The summed E-state index contributed by atoms with van der Waals surface area (Å²) in [6, 6.07) is 10.5. The van der Waals surface area contributed by atoms with Crippen LogP contribution < -0.4 is 14.9 Å². The van der Waals surface area contributed by atoms with Gasteiger partial charge in [0.25, 0.3) is 0 Å². The summed E-state index contributed by atoms with van der Waals surface area (Å²) >= 11 is 3.24. The van der Waals surface area contributed by atoms with Gasteiger partial charge in [-0.15, -0.1) is 0 Å². The number of pyridine rings is 2. The summed E-state index contributed by atoms with van der Waals surface area (Å²) < 4.78 is 25.6. The highest BCUT2D eigenvalue weighted by molar-refractivity contribution is 9.10. The van der Waals surface area contributed by atoms with Crippen LogP contribution in [0.1, 0.15) is 0 Å². The second kappa shape index (κ2) is 7.60. The number of benzene rings is 1. The molecule has 0 amide bonds. The Morgan fingerprint density at radius 1 is 1.00 bits per heavy atom. The van der Waals surface area contributed by atoms with Crippen LogP contribution in [0.3, 0.4) is 0 Å². The van der Waals surface area contributed by atoms with Gasteiger partial charge in [0.1, 0.15) is 16.1 Å². The molecule has 2 N–H and O–H groups in total. The van der Waals surface area contributed by atoms with E-state index in [-0.39, 0.29) is 17.0 Å². The molecule has 0 aliphatic carbocycles. The first-order valence-corrected chi connectivity index (χ1v) is 7.89. The molecule has 0 saturated carbocycles. The molecule has 0 aliphatic heterocycles. The fourth-order valence-electron chi connectivity index (χ4n) is 1.95. The van der Waals surface area contributed by atoms with E-state index < -0.39 is 12.9 Å². The van der Waals surface area contributed by atoms with Gasteiger partial charge in [-0.25, -0.2) is 9.37 Å². The van der Waals surface area contributed by atoms with E-state index in [4.69, 9.17) is 19.5 Å². The summed E-state index contributed by atoms with van der Waals surface area (Å²) in [7, 11) is -1.70. The average Bonchev–Trinajstić information content (AvgIpc) is 2.58. The highest BCUT2D eigenvalue weighted by Crippen LogP contribution is 2.30. The molecule has 0 bridgehead atoms. The zero-order valence-electron chi connectivity index (χ0n) is 12.6. The zero-order valence-corrected chi connectivity index (χ0v) is 14.2. The van der Waals surface area contributed by atoms with E-state index in [0.29, 0.717) is 16.2 Å². The lowest BCUT2D eigenvalue weighted by molar-refractivity contribution is 0.419. The third kappa shape index (κ3) is 4.53. The molecule has 2 aromatic heterocycles. The van der Waals surface area contributed by atoms with Gasteiger partial charge in [-0.05, 0) is 40.2 Å². The van der Waals surface area contributed by atoms with Gasteiger partial charge in [-0.3, -0.25) is 4.98 Å². The molecule has 0 saturated heterocycles. The van der Waals surface area contributed by atoms with Gasteiger partial charge in [0, 0.05) is 23.8 Å². The SMILES string of the molecule is OB(O)c1cncc(Oc2cc(Oc3cccc(Br)n3)ccc2F)c1. The molecular formula is C16H11BBrFN2O4. The van der Waals surface area contributed by atoms with E-state index >= 15 is 0 Å².